The number of hydrogen-bond acceptors (Lipinski definition) is 1. The maximum absolute atomic E-state index is 3.45. The summed E-state index contributed by atoms with van der Waals surface area (Å²) < 4.78 is 2.17. The standard InChI is InChI=1S/C16H16N2S/c1-2-10-19-14-8-9-16-17-15(12-18(16)11-14)13-6-4-3-5-7-13/h3-9,11-12H,2,10H2,1H3/p+1. The smallest absolute Gasteiger partial charge is 0.237 e. The van der Waals surface area contributed by atoms with Crippen molar-refractivity contribution in [3.8, 4) is 11.3 Å². The monoisotopic (exact) mass is 269 g/mol. The number of benzene rings is 1. The van der Waals surface area contributed by atoms with Gasteiger partial charge in [-0.3, -0.25) is 0 Å². The number of nitrogens with one attached hydrogen (secondary N) is 1. The minimum Gasteiger partial charge on any atom is -0.237 e. The van der Waals surface area contributed by atoms with Crippen LogP contribution in [0.1, 0.15) is 13.3 Å². The van der Waals surface area contributed by atoms with E-state index in [0.29, 0.717) is 0 Å². The molecule has 2 heterocycles. The maximum atomic E-state index is 3.45. The lowest BCUT2D eigenvalue weighted by molar-refractivity contribution is -0.512. The van der Waals surface area contributed by atoms with Crippen molar-refractivity contribution in [2.45, 2.75) is 18.2 Å². The van der Waals surface area contributed by atoms with Crippen LogP contribution in [0.25, 0.3) is 16.9 Å². The van der Waals surface area contributed by atoms with Crippen molar-refractivity contribution in [1.82, 2.24) is 4.98 Å². The fraction of sp³-hybridized carbons (Fsp3) is 0.188. The first-order valence-corrected chi connectivity index (χ1v) is 7.57. The fourth-order valence-corrected chi connectivity index (χ4v) is 2.88. The lowest BCUT2D eigenvalue weighted by Gasteiger charge is -1.96. The lowest BCUT2D eigenvalue weighted by Crippen LogP contribution is -2.17. The Bertz CT molecular complexity index is 674. The van der Waals surface area contributed by atoms with Crippen LogP contribution in [0.4, 0.5) is 0 Å². The molecule has 0 spiro atoms. The third-order valence-corrected chi connectivity index (χ3v) is 4.23. The van der Waals surface area contributed by atoms with E-state index in [4.69, 9.17) is 0 Å². The van der Waals surface area contributed by atoms with Gasteiger partial charge in [0.25, 0.3) is 5.65 Å². The van der Waals surface area contributed by atoms with Gasteiger partial charge in [-0.1, -0.05) is 37.3 Å². The molecular formula is C16H17N2S+. The summed E-state index contributed by atoms with van der Waals surface area (Å²) in [4.78, 5) is 4.77. The molecule has 0 unspecified atom stereocenters. The second-order valence-corrected chi connectivity index (χ2v) is 5.71. The van der Waals surface area contributed by atoms with Crippen LogP contribution in [0.5, 0.6) is 0 Å². The molecule has 3 heteroatoms. The highest BCUT2D eigenvalue weighted by Crippen LogP contribution is 2.19. The summed E-state index contributed by atoms with van der Waals surface area (Å²) in [5.41, 5.74) is 3.49. The summed E-state index contributed by atoms with van der Waals surface area (Å²) in [5, 5.41) is 0. The Kier molecular flexibility index (Phi) is 3.56. The molecule has 0 atom stereocenters. The predicted octanol–water partition coefficient (Wildman–Crippen LogP) is 3.92. The molecule has 0 saturated heterocycles. The van der Waals surface area contributed by atoms with E-state index in [-0.39, 0.29) is 0 Å². The Balaban J connectivity index is 1.97. The molecule has 1 N–H and O–H groups in total. The second-order valence-electron chi connectivity index (χ2n) is 4.54. The highest BCUT2D eigenvalue weighted by atomic mass is 32.2. The van der Waals surface area contributed by atoms with Gasteiger partial charge in [0.15, 0.2) is 5.69 Å². The van der Waals surface area contributed by atoms with Crippen LogP contribution in [-0.4, -0.2) is 10.7 Å². The van der Waals surface area contributed by atoms with Gasteiger partial charge in [0.1, 0.15) is 12.4 Å². The van der Waals surface area contributed by atoms with Crippen molar-refractivity contribution < 1.29 is 4.40 Å². The summed E-state index contributed by atoms with van der Waals surface area (Å²) in [6, 6.07) is 14.7. The number of H-pyrrole nitrogens is 1. The van der Waals surface area contributed by atoms with E-state index in [9.17, 15) is 0 Å². The first-order valence-electron chi connectivity index (χ1n) is 6.59. The molecule has 3 aromatic rings. The molecule has 0 radical (unpaired) electrons. The minimum absolute atomic E-state index is 1.12. The molecule has 19 heavy (non-hydrogen) atoms. The Morgan fingerprint density at radius 3 is 2.68 bits per heavy atom. The Hall–Kier alpha value is -1.74. The lowest BCUT2D eigenvalue weighted by atomic mass is 10.2. The molecule has 2 nitrogen and oxygen atoms in total. The van der Waals surface area contributed by atoms with Crippen molar-refractivity contribution in [1.29, 1.82) is 0 Å². The summed E-state index contributed by atoms with van der Waals surface area (Å²) in [6.45, 7) is 2.21. The van der Waals surface area contributed by atoms with Crippen LogP contribution in [0.2, 0.25) is 0 Å². The zero-order valence-corrected chi connectivity index (χ0v) is 11.8. The third kappa shape index (κ3) is 2.66. The number of pyridine rings is 1. The van der Waals surface area contributed by atoms with E-state index in [1.807, 2.05) is 17.8 Å². The molecule has 3 rings (SSSR count). The molecule has 0 aliphatic rings. The van der Waals surface area contributed by atoms with Crippen molar-refractivity contribution in [2.75, 3.05) is 5.75 Å². The SMILES string of the molecule is CCCSc1ccc2[nH]c(-c3ccccc3)c[n+]2c1. The van der Waals surface area contributed by atoms with E-state index < -0.39 is 0 Å². The summed E-state index contributed by atoms with van der Waals surface area (Å²) in [5.74, 6) is 1.17. The van der Waals surface area contributed by atoms with Gasteiger partial charge in [-0.15, -0.1) is 11.8 Å². The number of aromatic amines is 1. The van der Waals surface area contributed by atoms with Gasteiger partial charge in [0, 0.05) is 16.5 Å². The Morgan fingerprint density at radius 2 is 1.89 bits per heavy atom. The first kappa shape index (κ1) is 12.3. The molecule has 0 aliphatic heterocycles. The molecule has 2 aromatic heterocycles. The minimum atomic E-state index is 1.12. The largest absolute Gasteiger partial charge is 0.284 e. The molecule has 0 saturated carbocycles. The van der Waals surface area contributed by atoms with Gasteiger partial charge in [0.05, 0.1) is 0 Å². The van der Waals surface area contributed by atoms with Crippen molar-refractivity contribution in [3.05, 3.63) is 54.9 Å². The molecule has 96 valence electrons. The van der Waals surface area contributed by atoms with Crippen LogP contribution in [0, 0.1) is 0 Å². The summed E-state index contributed by atoms with van der Waals surface area (Å²) >= 11 is 1.91. The summed E-state index contributed by atoms with van der Waals surface area (Å²) in [6.07, 6.45) is 5.55. The van der Waals surface area contributed by atoms with E-state index >= 15 is 0 Å². The molecule has 0 aliphatic carbocycles. The van der Waals surface area contributed by atoms with Crippen LogP contribution in [0.15, 0.2) is 59.8 Å². The van der Waals surface area contributed by atoms with Gasteiger partial charge in [-0.25, -0.2) is 9.38 Å². The molecule has 0 bridgehead atoms. The molecule has 1 aromatic carbocycles. The first-order chi connectivity index (χ1) is 9.36. The Labute approximate surface area is 117 Å². The van der Waals surface area contributed by atoms with Crippen LogP contribution < -0.4 is 4.40 Å². The normalized spacial score (nSPS) is 11.0. The Morgan fingerprint density at radius 1 is 1.05 bits per heavy atom. The van der Waals surface area contributed by atoms with Crippen molar-refractivity contribution in [2.24, 2.45) is 0 Å². The molecule has 0 fully saturated rings. The van der Waals surface area contributed by atoms with Crippen molar-refractivity contribution in [3.63, 3.8) is 0 Å². The van der Waals surface area contributed by atoms with E-state index in [1.54, 1.807) is 0 Å². The molecule has 0 amide bonds. The summed E-state index contributed by atoms with van der Waals surface area (Å²) in [7, 11) is 0. The maximum Gasteiger partial charge on any atom is 0.284 e. The highest BCUT2D eigenvalue weighted by Gasteiger charge is 2.10. The quantitative estimate of drug-likeness (QED) is 0.562. The number of fused-ring (bicyclic) bond motifs is 1. The third-order valence-electron chi connectivity index (χ3n) is 3.04. The van der Waals surface area contributed by atoms with Crippen LogP contribution >= 0.6 is 11.8 Å². The average Bonchev–Trinajstić information content (AvgIpc) is 2.89. The fourth-order valence-electron chi connectivity index (χ4n) is 2.09. The number of thioether (sulfide) groups is 1. The van der Waals surface area contributed by atoms with E-state index in [1.165, 1.54) is 22.6 Å². The van der Waals surface area contributed by atoms with Crippen molar-refractivity contribution >= 4 is 17.4 Å². The van der Waals surface area contributed by atoms with Gasteiger partial charge < -0.3 is 0 Å². The number of rotatable bonds is 4. The average molecular weight is 269 g/mol. The van der Waals surface area contributed by atoms with Gasteiger partial charge in [-0.2, -0.15) is 0 Å². The number of hydrogen-bond donors (Lipinski definition) is 1. The second kappa shape index (κ2) is 5.49. The van der Waals surface area contributed by atoms with Gasteiger partial charge >= 0.3 is 0 Å². The molecular weight excluding hydrogens is 252 g/mol. The predicted molar refractivity (Wildman–Crippen MR) is 80.4 cm³/mol. The number of nitrogens with zero attached hydrogens (tertiary/aromatic N) is 1. The van der Waals surface area contributed by atoms with Crippen LogP contribution in [0.3, 0.4) is 0 Å². The van der Waals surface area contributed by atoms with E-state index in [2.05, 4.69) is 65.1 Å². The zero-order valence-electron chi connectivity index (χ0n) is 11.0. The number of imidazole rings is 1. The van der Waals surface area contributed by atoms with Gasteiger partial charge in [0.2, 0.25) is 0 Å². The highest BCUT2D eigenvalue weighted by molar-refractivity contribution is 7.99. The topological polar surface area (TPSA) is 19.9 Å². The zero-order chi connectivity index (χ0) is 13.1. The van der Waals surface area contributed by atoms with Gasteiger partial charge in [-0.05, 0) is 18.2 Å². The number of aromatic nitrogens is 2. The van der Waals surface area contributed by atoms with E-state index in [0.717, 1.165) is 11.3 Å². The van der Waals surface area contributed by atoms with Crippen LogP contribution in [-0.2, 0) is 0 Å².